The first-order valence-electron chi connectivity index (χ1n) is 10.5. The Bertz CT molecular complexity index is 954. The Hall–Kier alpha value is -2.73. The predicted molar refractivity (Wildman–Crippen MR) is 119 cm³/mol. The molecule has 0 atom stereocenters. The Balaban J connectivity index is 0.000000501. The summed E-state index contributed by atoms with van der Waals surface area (Å²) in [6.45, 7) is 5.60. The molecule has 0 fully saturated rings. The molecule has 1 N–H and O–H groups in total. The van der Waals surface area contributed by atoms with Crippen molar-refractivity contribution >= 4 is 0 Å². The number of hydrogen-bond donors (Lipinski definition) is 1. The van der Waals surface area contributed by atoms with Gasteiger partial charge < -0.3 is 5.11 Å². The van der Waals surface area contributed by atoms with E-state index >= 15 is 0 Å². The van der Waals surface area contributed by atoms with Crippen LogP contribution in [0.1, 0.15) is 43.5 Å². The molecule has 0 aliphatic rings. The van der Waals surface area contributed by atoms with E-state index < -0.39 is 12.6 Å². The number of aryl methyl sites for hydroxylation is 3. The van der Waals surface area contributed by atoms with E-state index in [1.807, 2.05) is 18.6 Å². The second-order valence-corrected chi connectivity index (χ2v) is 7.25. The van der Waals surface area contributed by atoms with Gasteiger partial charge in [0.25, 0.3) is 0 Å². The van der Waals surface area contributed by atoms with Crippen LogP contribution >= 0.6 is 0 Å². The van der Waals surface area contributed by atoms with Crippen molar-refractivity contribution in [1.82, 2.24) is 9.97 Å². The van der Waals surface area contributed by atoms with Crippen LogP contribution in [0.3, 0.4) is 0 Å². The number of nitrogens with zero attached hydrogens (tertiary/aromatic N) is 2. The van der Waals surface area contributed by atoms with Gasteiger partial charge in [0, 0.05) is 48.4 Å². The summed E-state index contributed by atoms with van der Waals surface area (Å²) < 4.78 is 32.4. The van der Waals surface area contributed by atoms with Crippen molar-refractivity contribution in [2.75, 3.05) is 6.61 Å². The van der Waals surface area contributed by atoms with Crippen molar-refractivity contribution < 1.29 is 18.3 Å². The molecule has 6 heteroatoms. The van der Waals surface area contributed by atoms with Gasteiger partial charge in [-0.1, -0.05) is 38.1 Å². The summed E-state index contributed by atoms with van der Waals surface area (Å²) >= 11 is 0. The van der Waals surface area contributed by atoms with Crippen molar-refractivity contribution in [2.45, 2.75) is 52.6 Å². The molecule has 3 rings (SSSR count). The van der Waals surface area contributed by atoms with Gasteiger partial charge in [0.1, 0.15) is 0 Å². The maximum absolute atomic E-state index is 10.8. The monoisotopic (exact) mass is 430 g/mol. The van der Waals surface area contributed by atoms with Crippen molar-refractivity contribution in [1.29, 1.82) is 0 Å². The fourth-order valence-electron chi connectivity index (χ4n) is 3.08. The lowest BCUT2D eigenvalue weighted by Gasteiger charge is -2.13. The largest absolute Gasteiger partial charge is 0.396 e. The number of pyridine rings is 2. The van der Waals surface area contributed by atoms with E-state index in [0.29, 0.717) is 0 Å². The summed E-state index contributed by atoms with van der Waals surface area (Å²) in [5.74, 6) is 0. The van der Waals surface area contributed by atoms with Crippen molar-refractivity contribution in [2.24, 2.45) is 0 Å². The van der Waals surface area contributed by atoms with Crippen molar-refractivity contribution in [3.63, 3.8) is 0 Å². The molecule has 3 aromatic rings. The van der Waals surface area contributed by atoms with E-state index in [0.717, 1.165) is 37.4 Å². The first kappa shape index (κ1) is 24.5. The molecule has 0 saturated carbocycles. The van der Waals surface area contributed by atoms with Gasteiger partial charge in [0.2, 0.25) is 0 Å². The zero-order valence-electron chi connectivity index (χ0n) is 18.2. The zero-order chi connectivity index (χ0) is 22.9. The van der Waals surface area contributed by atoms with Gasteiger partial charge in [-0.2, -0.15) is 13.2 Å². The fourth-order valence-corrected chi connectivity index (χ4v) is 3.08. The second kappa shape index (κ2) is 11.6. The van der Waals surface area contributed by atoms with Crippen LogP contribution < -0.4 is 0 Å². The van der Waals surface area contributed by atoms with Gasteiger partial charge in [-0.15, -0.1) is 0 Å². The zero-order valence-corrected chi connectivity index (χ0v) is 18.2. The molecule has 31 heavy (non-hydrogen) atoms. The molecule has 3 nitrogen and oxygen atoms in total. The van der Waals surface area contributed by atoms with Crippen LogP contribution in [0, 0.1) is 6.92 Å². The molecule has 2 heterocycles. The van der Waals surface area contributed by atoms with Gasteiger partial charge in [-0.3, -0.25) is 9.97 Å². The summed E-state index contributed by atoms with van der Waals surface area (Å²) in [6, 6.07) is 12.8. The average Bonchev–Trinajstić information content (AvgIpc) is 2.78. The number of aromatic nitrogens is 2. The van der Waals surface area contributed by atoms with Crippen LogP contribution in [-0.2, 0) is 12.8 Å². The Kier molecular flexibility index (Phi) is 9.19. The molecule has 0 amide bonds. The molecular formula is C25H29F3N2O. The van der Waals surface area contributed by atoms with Gasteiger partial charge in [0.05, 0.1) is 0 Å². The molecule has 0 aliphatic heterocycles. The third-order valence-electron chi connectivity index (χ3n) is 4.97. The number of halogens is 3. The Morgan fingerprint density at radius 3 is 2.19 bits per heavy atom. The van der Waals surface area contributed by atoms with Crippen LogP contribution in [0.25, 0.3) is 22.3 Å². The number of hydrogen-bond acceptors (Lipinski definition) is 3. The van der Waals surface area contributed by atoms with Crippen LogP contribution in [0.2, 0.25) is 0 Å². The van der Waals surface area contributed by atoms with E-state index in [2.05, 4.69) is 60.2 Å². The van der Waals surface area contributed by atoms with Crippen molar-refractivity contribution in [3.8, 4) is 22.3 Å². The summed E-state index contributed by atoms with van der Waals surface area (Å²) in [5.41, 5.74) is 8.34. The summed E-state index contributed by atoms with van der Waals surface area (Å²) in [6.07, 6.45) is 3.56. The highest BCUT2D eigenvalue weighted by Crippen LogP contribution is 2.30. The predicted octanol–water partition coefficient (Wildman–Crippen LogP) is 6.57. The van der Waals surface area contributed by atoms with E-state index in [1.165, 1.54) is 27.8 Å². The van der Waals surface area contributed by atoms with Gasteiger partial charge in [-0.05, 0) is 60.6 Å². The lowest BCUT2D eigenvalue weighted by atomic mass is 9.93. The number of aliphatic hydroxyl groups is 1. The molecule has 0 saturated heterocycles. The maximum Gasteiger partial charge on any atom is 0.388 e. The molecule has 0 spiro atoms. The Morgan fingerprint density at radius 2 is 1.65 bits per heavy atom. The quantitative estimate of drug-likeness (QED) is 0.481. The van der Waals surface area contributed by atoms with Crippen molar-refractivity contribution in [3.05, 3.63) is 71.8 Å². The lowest BCUT2D eigenvalue weighted by Crippen LogP contribution is -2.02. The molecular weight excluding hydrogens is 401 g/mol. The summed E-state index contributed by atoms with van der Waals surface area (Å²) in [7, 11) is 0. The SMILES string of the molecule is CCC(F)(F)F.CCc1cc(-c2ccc(CCCO)nc2)ccc1-c1cnccc1C. The lowest BCUT2D eigenvalue weighted by molar-refractivity contribution is -0.130. The first-order valence-corrected chi connectivity index (χ1v) is 10.5. The third-order valence-corrected chi connectivity index (χ3v) is 4.97. The summed E-state index contributed by atoms with van der Waals surface area (Å²) in [5, 5.41) is 8.93. The normalized spacial score (nSPS) is 11.1. The van der Waals surface area contributed by atoms with Crippen LogP contribution in [0.4, 0.5) is 13.2 Å². The van der Waals surface area contributed by atoms with E-state index in [1.54, 1.807) is 0 Å². The highest BCUT2D eigenvalue weighted by molar-refractivity contribution is 5.74. The van der Waals surface area contributed by atoms with E-state index in [9.17, 15) is 13.2 Å². The minimum atomic E-state index is -3.96. The molecule has 0 bridgehead atoms. The smallest absolute Gasteiger partial charge is 0.388 e. The standard InChI is InChI=1S/C22H24N2O.C3H5F3/c1-3-17-13-18(19-6-8-20(24-14-19)5-4-12-25)7-9-21(17)22-15-23-11-10-16(22)2;1-2-3(4,5)6/h6-11,13-15,25H,3-5,12H2,1-2H3;2H2,1H3. The average molecular weight is 431 g/mol. The molecule has 2 aromatic heterocycles. The van der Waals surface area contributed by atoms with Gasteiger partial charge in [-0.25, -0.2) is 0 Å². The third kappa shape index (κ3) is 7.47. The molecule has 0 unspecified atom stereocenters. The van der Waals surface area contributed by atoms with Crippen LogP contribution in [0.15, 0.2) is 55.0 Å². The highest BCUT2D eigenvalue weighted by Gasteiger charge is 2.22. The minimum absolute atomic E-state index is 0.207. The Labute approximate surface area is 182 Å². The number of benzene rings is 1. The number of aliphatic hydroxyl groups excluding tert-OH is 1. The van der Waals surface area contributed by atoms with Gasteiger partial charge in [0.15, 0.2) is 0 Å². The topological polar surface area (TPSA) is 46.0 Å². The number of rotatable bonds is 6. The first-order chi connectivity index (χ1) is 14.8. The maximum atomic E-state index is 10.8. The second-order valence-electron chi connectivity index (χ2n) is 7.25. The summed E-state index contributed by atoms with van der Waals surface area (Å²) in [4.78, 5) is 8.81. The molecule has 1 aromatic carbocycles. The van der Waals surface area contributed by atoms with E-state index in [4.69, 9.17) is 5.11 Å². The van der Waals surface area contributed by atoms with Crippen LogP contribution in [-0.4, -0.2) is 27.9 Å². The van der Waals surface area contributed by atoms with E-state index in [-0.39, 0.29) is 6.61 Å². The Morgan fingerprint density at radius 1 is 0.935 bits per heavy atom. The molecule has 0 radical (unpaired) electrons. The van der Waals surface area contributed by atoms with Crippen LogP contribution in [0.5, 0.6) is 0 Å². The highest BCUT2D eigenvalue weighted by atomic mass is 19.4. The molecule has 166 valence electrons. The van der Waals surface area contributed by atoms with Gasteiger partial charge >= 0.3 is 6.18 Å². The number of alkyl halides is 3. The fraction of sp³-hybridized carbons (Fsp3) is 0.360. The molecule has 0 aliphatic carbocycles. The minimum Gasteiger partial charge on any atom is -0.396 e.